The predicted molar refractivity (Wildman–Crippen MR) is 44.3 cm³/mol. The normalized spacial score (nSPS) is 36.8. The zero-order valence-corrected chi connectivity index (χ0v) is 7.02. The topological polar surface area (TPSA) is 17.1 Å². The highest BCUT2D eigenvalue weighted by Crippen LogP contribution is 2.49. The minimum atomic E-state index is 0.0399. The molecule has 0 bridgehead atoms. The molecule has 1 fully saturated rings. The molecule has 11 heavy (non-hydrogen) atoms. The van der Waals surface area contributed by atoms with E-state index in [2.05, 4.69) is 13.0 Å². The standard InChI is InChI=1S/C10H14O/c1-8-4-2-3-6-10(8)7-5-9(10)11/h4H,2-3,5-7H2,1H3. The molecule has 1 spiro atoms. The second kappa shape index (κ2) is 2.20. The number of carbonyl (C=O) groups excluding carboxylic acids is 1. The first-order valence-corrected chi connectivity index (χ1v) is 4.46. The van der Waals surface area contributed by atoms with E-state index in [1.807, 2.05) is 0 Å². The number of allylic oxidation sites excluding steroid dienone is 2. The zero-order chi connectivity index (χ0) is 7.90. The average molecular weight is 150 g/mol. The van der Waals surface area contributed by atoms with Crippen molar-refractivity contribution in [1.29, 1.82) is 0 Å². The predicted octanol–water partition coefficient (Wildman–Crippen LogP) is 2.47. The summed E-state index contributed by atoms with van der Waals surface area (Å²) in [6.07, 6.45) is 7.71. The second-order valence-corrected chi connectivity index (χ2v) is 3.78. The molecule has 1 atom stereocenters. The highest BCUT2D eigenvalue weighted by atomic mass is 16.1. The van der Waals surface area contributed by atoms with Crippen molar-refractivity contribution in [3.05, 3.63) is 11.6 Å². The lowest BCUT2D eigenvalue weighted by Gasteiger charge is -2.43. The van der Waals surface area contributed by atoms with E-state index < -0.39 is 0 Å². The Balaban J connectivity index is 2.30. The maximum Gasteiger partial charge on any atom is 0.143 e. The minimum absolute atomic E-state index is 0.0399. The van der Waals surface area contributed by atoms with Crippen molar-refractivity contribution in [1.82, 2.24) is 0 Å². The van der Waals surface area contributed by atoms with Crippen LogP contribution in [0.3, 0.4) is 0 Å². The van der Waals surface area contributed by atoms with Gasteiger partial charge in [0.05, 0.1) is 0 Å². The number of Topliss-reactive ketones (excluding diaryl/α,β-unsaturated/α-hetero) is 1. The Hall–Kier alpha value is -0.590. The number of rotatable bonds is 0. The smallest absolute Gasteiger partial charge is 0.143 e. The summed E-state index contributed by atoms with van der Waals surface area (Å²) in [6, 6.07) is 0. The van der Waals surface area contributed by atoms with Crippen LogP contribution in [0.5, 0.6) is 0 Å². The molecular formula is C10H14O. The molecule has 2 aliphatic carbocycles. The van der Waals surface area contributed by atoms with Crippen molar-refractivity contribution in [3.8, 4) is 0 Å². The Labute approximate surface area is 67.5 Å². The van der Waals surface area contributed by atoms with Crippen LogP contribution in [0.2, 0.25) is 0 Å². The largest absolute Gasteiger partial charge is 0.299 e. The molecule has 0 aromatic rings. The van der Waals surface area contributed by atoms with Crippen molar-refractivity contribution >= 4 is 5.78 Å². The molecule has 0 aromatic carbocycles. The van der Waals surface area contributed by atoms with Gasteiger partial charge in [0.2, 0.25) is 0 Å². The maximum absolute atomic E-state index is 11.4. The van der Waals surface area contributed by atoms with E-state index in [0.29, 0.717) is 5.78 Å². The van der Waals surface area contributed by atoms with Crippen LogP contribution >= 0.6 is 0 Å². The van der Waals surface area contributed by atoms with E-state index in [9.17, 15) is 4.79 Å². The first kappa shape index (κ1) is 7.08. The number of hydrogen-bond acceptors (Lipinski definition) is 1. The SMILES string of the molecule is CC1=CCCCC12CCC2=O. The molecule has 1 heteroatoms. The van der Waals surface area contributed by atoms with Crippen molar-refractivity contribution in [2.24, 2.45) is 5.41 Å². The van der Waals surface area contributed by atoms with Crippen LogP contribution in [-0.4, -0.2) is 5.78 Å². The quantitative estimate of drug-likeness (QED) is 0.485. The first-order chi connectivity index (χ1) is 5.26. The maximum atomic E-state index is 11.4. The van der Waals surface area contributed by atoms with Gasteiger partial charge >= 0.3 is 0 Å². The summed E-state index contributed by atoms with van der Waals surface area (Å²) in [6.45, 7) is 2.12. The van der Waals surface area contributed by atoms with Gasteiger partial charge in [0.25, 0.3) is 0 Å². The van der Waals surface area contributed by atoms with Gasteiger partial charge in [-0.25, -0.2) is 0 Å². The Kier molecular flexibility index (Phi) is 1.41. The number of hydrogen-bond donors (Lipinski definition) is 0. The third-order valence-electron chi connectivity index (χ3n) is 3.33. The third-order valence-corrected chi connectivity index (χ3v) is 3.33. The highest BCUT2D eigenvalue weighted by Gasteiger charge is 2.47. The van der Waals surface area contributed by atoms with E-state index in [0.717, 1.165) is 19.3 Å². The fourth-order valence-corrected chi connectivity index (χ4v) is 2.33. The molecule has 0 radical (unpaired) electrons. The van der Waals surface area contributed by atoms with Gasteiger partial charge in [-0.3, -0.25) is 4.79 Å². The lowest BCUT2D eigenvalue weighted by molar-refractivity contribution is -0.136. The Morgan fingerprint density at radius 3 is 2.64 bits per heavy atom. The molecule has 1 saturated carbocycles. The van der Waals surface area contributed by atoms with Crippen LogP contribution in [0.1, 0.15) is 39.0 Å². The molecule has 0 heterocycles. The van der Waals surface area contributed by atoms with E-state index in [1.54, 1.807) is 0 Å². The number of ketones is 1. The van der Waals surface area contributed by atoms with Crippen LogP contribution in [0.4, 0.5) is 0 Å². The van der Waals surface area contributed by atoms with Gasteiger partial charge in [-0.05, 0) is 32.6 Å². The van der Waals surface area contributed by atoms with Gasteiger partial charge in [-0.2, -0.15) is 0 Å². The summed E-state index contributed by atoms with van der Waals surface area (Å²) in [5.41, 5.74) is 1.39. The van der Waals surface area contributed by atoms with E-state index >= 15 is 0 Å². The Morgan fingerprint density at radius 2 is 2.27 bits per heavy atom. The molecule has 0 aliphatic heterocycles. The fourth-order valence-electron chi connectivity index (χ4n) is 2.33. The highest BCUT2D eigenvalue weighted by molar-refractivity contribution is 5.93. The first-order valence-electron chi connectivity index (χ1n) is 4.46. The summed E-state index contributed by atoms with van der Waals surface area (Å²) < 4.78 is 0. The van der Waals surface area contributed by atoms with Crippen LogP contribution < -0.4 is 0 Å². The molecule has 1 unspecified atom stereocenters. The van der Waals surface area contributed by atoms with Gasteiger partial charge in [0.15, 0.2) is 0 Å². The lowest BCUT2D eigenvalue weighted by atomic mass is 9.59. The van der Waals surface area contributed by atoms with Crippen LogP contribution in [0.25, 0.3) is 0 Å². The van der Waals surface area contributed by atoms with Gasteiger partial charge < -0.3 is 0 Å². The van der Waals surface area contributed by atoms with Crippen molar-refractivity contribution in [2.45, 2.75) is 39.0 Å². The second-order valence-electron chi connectivity index (χ2n) is 3.78. The summed E-state index contributed by atoms with van der Waals surface area (Å²) in [5, 5.41) is 0. The molecule has 60 valence electrons. The summed E-state index contributed by atoms with van der Waals surface area (Å²) in [5.74, 6) is 0.492. The monoisotopic (exact) mass is 150 g/mol. The minimum Gasteiger partial charge on any atom is -0.299 e. The van der Waals surface area contributed by atoms with E-state index in [4.69, 9.17) is 0 Å². The van der Waals surface area contributed by atoms with Gasteiger partial charge in [-0.1, -0.05) is 11.6 Å². The molecule has 0 aromatic heterocycles. The van der Waals surface area contributed by atoms with Gasteiger partial charge in [0.1, 0.15) is 5.78 Å². The molecule has 2 rings (SSSR count). The third kappa shape index (κ3) is 0.800. The lowest BCUT2D eigenvalue weighted by Crippen LogP contribution is -2.42. The average Bonchev–Trinajstić information content (AvgIpc) is 2.03. The van der Waals surface area contributed by atoms with Crippen LogP contribution in [0, 0.1) is 5.41 Å². The molecule has 2 aliphatic rings. The van der Waals surface area contributed by atoms with Crippen molar-refractivity contribution in [3.63, 3.8) is 0 Å². The summed E-state index contributed by atoms with van der Waals surface area (Å²) in [4.78, 5) is 11.4. The fraction of sp³-hybridized carbons (Fsp3) is 0.700. The van der Waals surface area contributed by atoms with Crippen LogP contribution in [0.15, 0.2) is 11.6 Å². The Morgan fingerprint density at radius 1 is 1.45 bits per heavy atom. The number of carbonyl (C=O) groups is 1. The molecular weight excluding hydrogens is 136 g/mol. The molecule has 0 N–H and O–H groups in total. The van der Waals surface area contributed by atoms with E-state index in [1.165, 1.54) is 18.4 Å². The molecule has 0 amide bonds. The summed E-state index contributed by atoms with van der Waals surface area (Å²) >= 11 is 0. The van der Waals surface area contributed by atoms with Crippen molar-refractivity contribution < 1.29 is 4.79 Å². The summed E-state index contributed by atoms with van der Waals surface area (Å²) in [7, 11) is 0. The van der Waals surface area contributed by atoms with Gasteiger partial charge in [-0.15, -0.1) is 0 Å². The molecule has 1 nitrogen and oxygen atoms in total. The van der Waals surface area contributed by atoms with E-state index in [-0.39, 0.29) is 5.41 Å². The van der Waals surface area contributed by atoms with Crippen molar-refractivity contribution in [2.75, 3.05) is 0 Å². The van der Waals surface area contributed by atoms with Crippen LogP contribution in [-0.2, 0) is 4.79 Å². The Bertz CT molecular complexity index is 227. The molecule has 0 saturated heterocycles. The van der Waals surface area contributed by atoms with Gasteiger partial charge in [0, 0.05) is 11.8 Å². The zero-order valence-electron chi connectivity index (χ0n) is 7.02.